The minimum atomic E-state index is -1.24. The molecule has 0 unspecified atom stereocenters. The van der Waals surface area contributed by atoms with Crippen LogP contribution in [-0.2, 0) is 9.59 Å². The Bertz CT molecular complexity index is 500. The number of carbonyl (C=O) groups is 3. The molecule has 7 heteroatoms. The molecule has 1 aromatic rings. The van der Waals surface area contributed by atoms with Gasteiger partial charge in [0, 0.05) is 12.0 Å². The average molecular weight is 283 g/mol. The number of benzene rings is 1. The van der Waals surface area contributed by atoms with Crippen LogP contribution in [0.3, 0.4) is 0 Å². The number of carboxylic acids is 2. The second kappa shape index (κ2) is 7.22. The van der Waals surface area contributed by atoms with E-state index in [9.17, 15) is 18.8 Å². The Balaban J connectivity index is 2.60. The lowest BCUT2D eigenvalue weighted by atomic mass is 10.1. The molecule has 1 aromatic carbocycles. The molecule has 0 saturated carbocycles. The van der Waals surface area contributed by atoms with E-state index in [2.05, 4.69) is 5.32 Å². The highest BCUT2D eigenvalue weighted by Crippen LogP contribution is 2.06. The van der Waals surface area contributed by atoms with Crippen molar-refractivity contribution < 1.29 is 29.0 Å². The molecule has 0 bridgehead atoms. The maximum atomic E-state index is 12.7. The Kier molecular flexibility index (Phi) is 5.64. The average Bonchev–Trinajstić information content (AvgIpc) is 2.37. The zero-order valence-electron chi connectivity index (χ0n) is 10.5. The zero-order chi connectivity index (χ0) is 15.1. The van der Waals surface area contributed by atoms with Crippen LogP contribution in [0.1, 0.15) is 29.6 Å². The van der Waals surface area contributed by atoms with Crippen LogP contribution in [0.5, 0.6) is 0 Å². The fraction of sp³-hybridized carbons (Fsp3) is 0.308. The molecule has 108 valence electrons. The molecule has 1 rings (SSSR count). The van der Waals surface area contributed by atoms with Crippen molar-refractivity contribution in [2.24, 2.45) is 0 Å². The van der Waals surface area contributed by atoms with Crippen LogP contribution in [0, 0.1) is 5.82 Å². The molecule has 1 atom stereocenters. The summed E-state index contributed by atoms with van der Waals surface area (Å²) in [7, 11) is 0. The Morgan fingerprint density at radius 3 is 2.25 bits per heavy atom. The van der Waals surface area contributed by atoms with Crippen molar-refractivity contribution in [2.45, 2.75) is 25.3 Å². The van der Waals surface area contributed by atoms with Gasteiger partial charge in [0.15, 0.2) is 0 Å². The Morgan fingerprint density at radius 2 is 1.75 bits per heavy atom. The van der Waals surface area contributed by atoms with E-state index in [1.165, 1.54) is 12.1 Å². The second-order valence-corrected chi connectivity index (χ2v) is 4.16. The van der Waals surface area contributed by atoms with Gasteiger partial charge in [0.05, 0.1) is 0 Å². The first-order valence-corrected chi connectivity index (χ1v) is 5.91. The number of amides is 1. The molecule has 3 N–H and O–H groups in total. The number of nitrogens with one attached hydrogen (secondary N) is 1. The minimum Gasteiger partial charge on any atom is -0.481 e. The minimum absolute atomic E-state index is 0.00850. The summed E-state index contributed by atoms with van der Waals surface area (Å²) in [4.78, 5) is 33.1. The topological polar surface area (TPSA) is 104 Å². The number of rotatable bonds is 7. The first-order valence-electron chi connectivity index (χ1n) is 5.91. The van der Waals surface area contributed by atoms with Crippen molar-refractivity contribution >= 4 is 17.8 Å². The molecule has 6 nitrogen and oxygen atoms in total. The van der Waals surface area contributed by atoms with Gasteiger partial charge in [-0.15, -0.1) is 0 Å². The van der Waals surface area contributed by atoms with Crippen molar-refractivity contribution in [1.29, 1.82) is 0 Å². The molecule has 1 amide bonds. The van der Waals surface area contributed by atoms with Crippen LogP contribution >= 0.6 is 0 Å². The summed E-state index contributed by atoms with van der Waals surface area (Å²) in [5, 5.41) is 19.7. The van der Waals surface area contributed by atoms with Gasteiger partial charge in [-0.1, -0.05) is 0 Å². The van der Waals surface area contributed by atoms with Gasteiger partial charge in [0.1, 0.15) is 11.9 Å². The van der Waals surface area contributed by atoms with Gasteiger partial charge < -0.3 is 15.5 Å². The highest BCUT2D eigenvalue weighted by atomic mass is 19.1. The third kappa shape index (κ3) is 5.05. The molecule has 0 aliphatic rings. The Labute approximate surface area is 114 Å². The maximum Gasteiger partial charge on any atom is 0.326 e. The molecule has 0 heterocycles. The maximum absolute atomic E-state index is 12.7. The number of hydrogen-bond acceptors (Lipinski definition) is 3. The monoisotopic (exact) mass is 283 g/mol. The van der Waals surface area contributed by atoms with Gasteiger partial charge >= 0.3 is 11.9 Å². The largest absolute Gasteiger partial charge is 0.481 e. The van der Waals surface area contributed by atoms with Crippen LogP contribution in [-0.4, -0.2) is 34.1 Å². The van der Waals surface area contributed by atoms with E-state index in [-0.39, 0.29) is 24.8 Å². The van der Waals surface area contributed by atoms with E-state index in [1.807, 2.05) is 0 Å². The molecule has 20 heavy (non-hydrogen) atoms. The van der Waals surface area contributed by atoms with E-state index < -0.39 is 29.7 Å². The Hall–Kier alpha value is -2.44. The van der Waals surface area contributed by atoms with Crippen molar-refractivity contribution in [3.05, 3.63) is 35.6 Å². The molecule has 0 aliphatic carbocycles. The molecule has 0 saturated heterocycles. The van der Waals surface area contributed by atoms with Crippen molar-refractivity contribution in [2.75, 3.05) is 0 Å². The smallest absolute Gasteiger partial charge is 0.326 e. The summed E-state index contributed by atoms with van der Waals surface area (Å²) in [6, 6.07) is 3.48. The molecular formula is C13H14FNO5. The lowest BCUT2D eigenvalue weighted by Gasteiger charge is -2.14. The van der Waals surface area contributed by atoms with E-state index >= 15 is 0 Å². The van der Waals surface area contributed by atoms with Gasteiger partial charge in [-0.05, 0) is 37.1 Å². The SMILES string of the molecule is O=C(O)CCC[C@H](NC(=O)c1ccc(F)cc1)C(=O)O. The van der Waals surface area contributed by atoms with Crippen LogP contribution in [0.15, 0.2) is 24.3 Å². The second-order valence-electron chi connectivity index (χ2n) is 4.16. The summed E-state index contributed by atoms with van der Waals surface area (Å²) < 4.78 is 12.7. The molecule has 0 radical (unpaired) electrons. The predicted octanol–water partition coefficient (Wildman–Crippen LogP) is 1.26. The van der Waals surface area contributed by atoms with Crippen LogP contribution in [0.2, 0.25) is 0 Å². The predicted molar refractivity (Wildman–Crippen MR) is 66.8 cm³/mol. The zero-order valence-corrected chi connectivity index (χ0v) is 10.5. The molecule has 0 fully saturated rings. The number of aliphatic carboxylic acids is 2. The van der Waals surface area contributed by atoms with Crippen LogP contribution < -0.4 is 5.32 Å². The highest BCUT2D eigenvalue weighted by molar-refractivity contribution is 5.96. The third-order valence-corrected chi connectivity index (χ3v) is 2.59. The number of hydrogen-bond donors (Lipinski definition) is 3. The number of carboxylic acid groups (broad SMARTS) is 2. The number of carbonyl (C=O) groups excluding carboxylic acids is 1. The third-order valence-electron chi connectivity index (χ3n) is 2.59. The van der Waals surface area contributed by atoms with Gasteiger partial charge in [0.25, 0.3) is 5.91 Å². The highest BCUT2D eigenvalue weighted by Gasteiger charge is 2.20. The molecule has 0 spiro atoms. The van der Waals surface area contributed by atoms with Gasteiger partial charge in [-0.2, -0.15) is 0 Å². The lowest BCUT2D eigenvalue weighted by Crippen LogP contribution is -2.40. The summed E-state index contributed by atoms with van der Waals surface area (Å²) in [5.41, 5.74) is 0.135. The molecule has 0 aliphatic heterocycles. The van der Waals surface area contributed by atoms with Gasteiger partial charge in [-0.3, -0.25) is 9.59 Å². The van der Waals surface area contributed by atoms with E-state index in [1.54, 1.807) is 0 Å². The van der Waals surface area contributed by atoms with Crippen LogP contribution in [0.25, 0.3) is 0 Å². The first kappa shape index (κ1) is 15.6. The van der Waals surface area contributed by atoms with Crippen molar-refractivity contribution in [3.63, 3.8) is 0 Å². The first-order chi connectivity index (χ1) is 9.40. The van der Waals surface area contributed by atoms with Crippen molar-refractivity contribution in [1.82, 2.24) is 5.32 Å². The standard InChI is InChI=1S/C13H14FNO5/c14-9-6-4-8(5-7-9)12(18)15-10(13(19)20)2-1-3-11(16)17/h4-7,10H,1-3H2,(H,15,18)(H,16,17)(H,19,20)/t10-/m0/s1. The summed E-state index contributed by atoms with van der Waals surface area (Å²) in [5.74, 6) is -3.42. The lowest BCUT2D eigenvalue weighted by molar-refractivity contribution is -0.140. The number of halogens is 1. The van der Waals surface area contributed by atoms with Crippen LogP contribution in [0.4, 0.5) is 4.39 Å². The van der Waals surface area contributed by atoms with E-state index in [4.69, 9.17) is 10.2 Å². The fourth-order valence-corrected chi connectivity index (χ4v) is 1.56. The van der Waals surface area contributed by atoms with E-state index in [0.29, 0.717) is 0 Å². The summed E-state index contributed by atoms with van der Waals surface area (Å²) >= 11 is 0. The van der Waals surface area contributed by atoms with Gasteiger partial charge in [0.2, 0.25) is 0 Å². The van der Waals surface area contributed by atoms with E-state index in [0.717, 1.165) is 12.1 Å². The normalized spacial score (nSPS) is 11.7. The fourth-order valence-electron chi connectivity index (χ4n) is 1.56. The molecule has 0 aromatic heterocycles. The summed E-state index contributed by atoms with van der Waals surface area (Å²) in [6.07, 6.45) is -0.0270. The Morgan fingerprint density at radius 1 is 1.15 bits per heavy atom. The quantitative estimate of drug-likeness (QED) is 0.699. The molecular weight excluding hydrogens is 269 g/mol. The van der Waals surface area contributed by atoms with Gasteiger partial charge in [-0.25, -0.2) is 9.18 Å². The summed E-state index contributed by atoms with van der Waals surface area (Å²) in [6.45, 7) is 0. The van der Waals surface area contributed by atoms with Crippen molar-refractivity contribution in [3.8, 4) is 0 Å².